The van der Waals surface area contributed by atoms with Gasteiger partial charge in [-0.2, -0.15) is 0 Å². The maximum atomic E-state index is 5.66. The van der Waals surface area contributed by atoms with Gasteiger partial charge in [0, 0.05) is 5.56 Å². The van der Waals surface area contributed by atoms with E-state index in [-0.39, 0.29) is 5.82 Å². The minimum Gasteiger partial charge on any atom is -0.396 e. The van der Waals surface area contributed by atoms with Crippen LogP contribution in [0.4, 0.5) is 11.5 Å². The van der Waals surface area contributed by atoms with Gasteiger partial charge in [0.15, 0.2) is 5.82 Å². The van der Waals surface area contributed by atoms with E-state index >= 15 is 0 Å². The predicted octanol–water partition coefficient (Wildman–Crippen LogP) is 1.62. The fourth-order valence-electron chi connectivity index (χ4n) is 1.28. The third-order valence-electron chi connectivity index (χ3n) is 2.20. The highest BCUT2D eigenvalue weighted by Gasteiger charge is 2.02. The number of aromatic nitrogens is 2. The van der Waals surface area contributed by atoms with Gasteiger partial charge in [-0.05, 0) is 13.0 Å². The van der Waals surface area contributed by atoms with Gasteiger partial charge in [0.1, 0.15) is 0 Å². The molecule has 0 aliphatic rings. The predicted molar refractivity (Wildman–Crippen MR) is 61.0 cm³/mol. The van der Waals surface area contributed by atoms with Crippen LogP contribution in [-0.2, 0) is 0 Å². The summed E-state index contributed by atoms with van der Waals surface area (Å²) >= 11 is 0. The molecule has 1 aromatic heterocycles. The Kier molecular flexibility index (Phi) is 2.25. The molecule has 0 fully saturated rings. The van der Waals surface area contributed by atoms with Crippen molar-refractivity contribution in [3.8, 4) is 11.3 Å². The minimum absolute atomic E-state index is 0.269. The first-order valence-electron chi connectivity index (χ1n) is 4.62. The first-order chi connectivity index (χ1) is 7.16. The Bertz CT molecular complexity index is 476. The molecule has 15 heavy (non-hydrogen) atoms. The summed E-state index contributed by atoms with van der Waals surface area (Å²) in [6.07, 6.45) is 0. The maximum absolute atomic E-state index is 5.66. The van der Waals surface area contributed by atoms with Gasteiger partial charge >= 0.3 is 0 Å². The van der Waals surface area contributed by atoms with Crippen molar-refractivity contribution in [1.82, 2.24) is 10.2 Å². The highest BCUT2D eigenvalue weighted by molar-refractivity contribution is 5.67. The van der Waals surface area contributed by atoms with E-state index in [9.17, 15) is 0 Å². The fraction of sp³-hybridized carbons (Fsp3) is 0.0909. The van der Waals surface area contributed by atoms with Crippen molar-refractivity contribution < 1.29 is 0 Å². The van der Waals surface area contributed by atoms with Crippen LogP contribution in [0.2, 0.25) is 0 Å². The van der Waals surface area contributed by atoms with E-state index < -0.39 is 0 Å². The third-order valence-corrected chi connectivity index (χ3v) is 2.20. The van der Waals surface area contributed by atoms with Gasteiger partial charge in [-0.15, -0.1) is 10.2 Å². The molecule has 0 saturated carbocycles. The van der Waals surface area contributed by atoms with Crippen molar-refractivity contribution in [3.05, 3.63) is 35.9 Å². The molecule has 0 radical (unpaired) electrons. The molecule has 0 atom stereocenters. The molecule has 2 rings (SSSR count). The standard InChI is InChI=1S/C11H12N4/c1-7-2-4-8(5-3-7)10-6-9(12)11(13)15-14-10/h2-6H,1H3,(H2,12,14)(H2,13,15). The number of anilines is 2. The van der Waals surface area contributed by atoms with Gasteiger partial charge in [-0.1, -0.05) is 29.8 Å². The largest absolute Gasteiger partial charge is 0.396 e. The molecule has 4 N–H and O–H groups in total. The Balaban J connectivity index is 2.45. The highest BCUT2D eigenvalue weighted by Crippen LogP contribution is 2.20. The molecule has 76 valence electrons. The normalized spacial score (nSPS) is 10.2. The van der Waals surface area contributed by atoms with E-state index in [0.29, 0.717) is 5.69 Å². The Morgan fingerprint density at radius 1 is 1.00 bits per heavy atom. The maximum Gasteiger partial charge on any atom is 0.169 e. The summed E-state index contributed by atoms with van der Waals surface area (Å²) in [4.78, 5) is 0. The highest BCUT2D eigenvalue weighted by atomic mass is 15.1. The van der Waals surface area contributed by atoms with Crippen LogP contribution in [-0.4, -0.2) is 10.2 Å². The molecule has 1 aromatic carbocycles. The number of rotatable bonds is 1. The van der Waals surface area contributed by atoms with Crippen LogP contribution < -0.4 is 11.5 Å². The molecule has 4 heteroatoms. The zero-order chi connectivity index (χ0) is 10.8. The minimum atomic E-state index is 0.269. The number of nitrogens with two attached hydrogens (primary N) is 2. The smallest absolute Gasteiger partial charge is 0.169 e. The van der Waals surface area contributed by atoms with Crippen molar-refractivity contribution in [3.63, 3.8) is 0 Å². The van der Waals surface area contributed by atoms with Crippen molar-refractivity contribution >= 4 is 11.5 Å². The van der Waals surface area contributed by atoms with Crippen LogP contribution >= 0.6 is 0 Å². The number of aryl methyl sites for hydroxylation is 1. The molecule has 4 nitrogen and oxygen atoms in total. The molecular weight excluding hydrogens is 188 g/mol. The first-order valence-corrected chi connectivity index (χ1v) is 4.62. The molecule has 0 saturated heterocycles. The summed E-state index contributed by atoms with van der Waals surface area (Å²) in [5.74, 6) is 0.269. The van der Waals surface area contributed by atoms with E-state index in [1.165, 1.54) is 5.56 Å². The quantitative estimate of drug-likeness (QED) is 0.733. The van der Waals surface area contributed by atoms with Crippen LogP contribution in [0.3, 0.4) is 0 Å². The molecule has 0 aliphatic carbocycles. The molecular formula is C11H12N4. The number of hydrogen-bond acceptors (Lipinski definition) is 4. The molecule has 1 heterocycles. The Morgan fingerprint density at radius 2 is 1.67 bits per heavy atom. The van der Waals surface area contributed by atoms with Crippen LogP contribution in [0.15, 0.2) is 30.3 Å². The topological polar surface area (TPSA) is 77.8 Å². The summed E-state index contributed by atoms with van der Waals surface area (Å²) in [7, 11) is 0. The summed E-state index contributed by atoms with van der Waals surface area (Å²) in [5.41, 5.74) is 14.5. The second kappa shape index (κ2) is 3.57. The van der Waals surface area contributed by atoms with Crippen LogP contribution in [0, 0.1) is 6.92 Å². The van der Waals surface area contributed by atoms with Crippen LogP contribution in [0.25, 0.3) is 11.3 Å². The van der Waals surface area contributed by atoms with Gasteiger partial charge in [-0.3, -0.25) is 0 Å². The average molecular weight is 200 g/mol. The molecule has 0 bridgehead atoms. The monoisotopic (exact) mass is 200 g/mol. The van der Waals surface area contributed by atoms with E-state index in [1.807, 2.05) is 31.2 Å². The van der Waals surface area contributed by atoms with Crippen LogP contribution in [0.1, 0.15) is 5.56 Å². The lowest BCUT2D eigenvalue weighted by atomic mass is 10.1. The number of benzene rings is 1. The molecule has 0 aliphatic heterocycles. The Morgan fingerprint density at radius 3 is 2.27 bits per heavy atom. The lowest BCUT2D eigenvalue weighted by Gasteiger charge is -2.03. The third kappa shape index (κ3) is 1.88. The van der Waals surface area contributed by atoms with E-state index in [1.54, 1.807) is 6.07 Å². The van der Waals surface area contributed by atoms with Gasteiger partial charge in [0.05, 0.1) is 11.4 Å². The molecule has 0 spiro atoms. The van der Waals surface area contributed by atoms with Gasteiger partial charge in [-0.25, -0.2) is 0 Å². The second-order valence-corrected chi connectivity index (χ2v) is 3.44. The van der Waals surface area contributed by atoms with Crippen LogP contribution in [0.5, 0.6) is 0 Å². The SMILES string of the molecule is Cc1ccc(-c2cc(N)c(N)nn2)cc1. The van der Waals surface area contributed by atoms with Crippen molar-refractivity contribution in [2.75, 3.05) is 11.5 Å². The van der Waals surface area contributed by atoms with Crippen molar-refractivity contribution in [2.24, 2.45) is 0 Å². The molecule has 0 amide bonds. The van der Waals surface area contributed by atoms with E-state index in [2.05, 4.69) is 10.2 Å². The first kappa shape index (κ1) is 9.45. The summed E-state index contributed by atoms with van der Waals surface area (Å²) < 4.78 is 0. The number of hydrogen-bond donors (Lipinski definition) is 2. The Labute approximate surface area is 87.9 Å². The zero-order valence-corrected chi connectivity index (χ0v) is 8.44. The summed E-state index contributed by atoms with van der Waals surface area (Å²) in [6, 6.07) is 9.73. The lowest BCUT2D eigenvalue weighted by Crippen LogP contribution is -2.00. The molecule has 0 unspecified atom stereocenters. The number of nitrogen functional groups attached to an aromatic ring is 2. The summed E-state index contributed by atoms with van der Waals surface area (Å²) in [5, 5.41) is 7.76. The average Bonchev–Trinajstić information content (AvgIpc) is 2.23. The zero-order valence-electron chi connectivity index (χ0n) is 8.44. The fourth-order valence-corrected chi connectivity index (χ4v) is 1.28. The second-order valence-electron chi connectivity index (χ2n) is 3.44. The van der Waals surface area contributed by atoms with Gasteiger partial charge in [0.25, 0.3) is 0 Å². The van der Waals surface area contributed by atoms with Crippen molar-refractivity contribution in [1.29, 1.82) is 0 Å². The van der Waals surface area contributed by atoms with Gasteiger partial charge < -0.3 is 11.5 Å². The Hall–Kier alpha value is -2.10. The number of nitrogens with zero attached hydrogens (tertiary/aromatic N) is 2. The van der Waals surface area contributed by atoms with Crippen molar-refractivity contribution in [2.45, 2.75) is 6.92 Å². The summed E-state index contributed by atoms with van der Waals surface area (Å²) in [6.45, 7) is 2.03. The lowest BCUT2D eigenvalue weighted by molar-refractivity contribution is 1.05. The van der Waals surface area contributed by atoms with E-state index in [4.69, 9.17) is 11.5 Å². The van der Waals surface area contributed by atoms with Gasteiger partial charge in [0.2, 0.25) is 0 Å². The molecule has 2 aromatic rings. The van der Waals surface area contributed by atoms with E-state index in [0.717, 1.165) is 11.3 Å².